The van der Waals surface area contributed by atoms with Crippen molar-refractivity contribution in [2.75, 3.05) is 13.6 Å². The van der Waals surface area contributed by atoms with Gasteiger partial charge in [-0.15, -0.1) is 0 Å². The van der Waals surface area contributed by atoms with Gasteiger partial charge >= 0.3 is 0 Å². The highest BCUT2D eigenvalue weighted by molar-refractivity contribution is 6.30. The molecular formula is C17H26ClNO. The first-order valence-corrected chi connectivity index (χ1v) is 7.50. The summed E-state index contributed by atoms with van der Waals surface area (Å²) in [4.78, 5) is 15.0. The Labute approximate surface area is 128 Å². The number of hydrogen-bond donors (Lipinski definition) is 0. The summed E-state index contributed by atoms with van der Waals surface area (Å²) < 4.78 is 0. The summed E-state index contributed by atoms with van der Waals surface area (Å²) in [6.45, 7) is 10.9. The van der Waals surface area contributed by atoms with Crippen molar-refractivity contribution < 1.29 is 4.79 Å². The molecule has 1 unspecified atom stereocenters. The van der Waals surface area contributed by atoms with Crippen molar-refractivity contribution in [2.45, 2.75) is 46.6 Å². The van der Waals surface area contributed by atoms with Crippen molar-refractivity contribution in [1.29, 1.82) is 0 Å². The Bertz CT molecular complexity index is 445. The molecule has 0 fully saturated rings. The highest BCUT2D eigenvalue weighted by atomic mass is 35.5. The molecule has 0 spiro atoms. The van der Waals surface area contributed by atoms with Gasteiger partial charge in [-0.25, -0.2) is 0 Å². The molecule has 0 aliphatic rings. The number of ketones is 1. The normalized spacial score (nSPS) is 13.8. The fourth-order valence-corrected chi connectivity index (χ4v) is 2.18. The van der Waals surface area contributed by atoms with Crippen LogP contribution in [0.5, 0.6) is 0 Å². The molecule has 1 aromatic carbocycles. The Hall–Kier alpha value is -0.860. The summed E-state index contributed by atoms with van der Waals surface area (Å²) in [6, 6.07) is 8.05. The van der Waals surface area contributed by atoms with Crippen LogP contribution in [-0.4, -0.2) is 30.3 Å². The SMILES string of the molecule is CC(C)N(C)CC(C(=O)C(C)(C)C)c1ccc(Cl)cc1. The zero-order valence-electron chi connectivity index (χ0n) is 13.4. The fraction of sp³-hybridized carbons (Fsp3) is 0.588. The van der Waals surface area contributed by atoms with Gasteiger partial charge in [0, 0.05) is 23.0 Å². The highest BCUT2D eigenvalue weighted by Crippen LogP contribution is 2.29. The van der Waals surface area contributed by atoms with E-state index in [1.165, 1.54) is 0 Å². The van der Waals surface area contributed by atoms with E-state index in [0.29, 0.717) is 11.1 Å². The van der Waals surface area contributed by atoms with Gasteiger partial charge in [-0.05, 0) is 38.6 Å². The second-order valence-electron chi connectivity index (χ2n) is 6.75. The molecule has 0 amide bonds. The topological polar surface area (TPSA) is 20.3 Å². The van der Waals surface area contributed by atoms with Crippen molar-refractivity contribution in [3.05, 3.63) is 34.9 Å². The summed E-state index contributed by atoms with van der Waals surface area (Å²) in [5, 5.41) is 0.702. The van der Waals surface area contributed by atoms with Crippen LogP contribution in [0, 0.1) is 5.41 Å². The van der Waals surface area contributed by atoms with Crippen LogP contribution >= 0.6 is 11.6 Å². The molecule has 0 aromatic heterocycles. The van der Waals surface area contributed by atoms with E-state index in [-0.39, 0.29) is 17.1 Å². The van der Waals surface area contributed by atoms with Crippen LogP contribution in [-0.2, 0) is 4.79 Å². The van der Waals surface area contributed by atoms with Crippen LogP contribution in [0.3, 0.4) is 0 Å². The minimum atomic E-state index is -0.345. The predicted molar refractivity (Wildman–Crippen MR) is 86.4 cm³/mol. The molecule has 0 saturated carbocycles. The van der Waals surface area contributed by atoms with Crippen molar-refractivity contribution >= 4 is 17.4 Å². The van der Waals surface area contributed by atoms with Crippen molar-refractivity contribution in [3.8, 4) is 0 Å². The lowest BCUT2D eigenvalue weighted by molar-refractivity contribution is -0.128. The first kappa shape index (κ1) is 17.2. The van der Waals surface area contributed by atoms with Gasteiger partial charge in [0.1, 0.15) is 5.78 Å². The summed E-state index contributed by atoms with van der Waals surface area (Å²) >= 11 is 5.95. The van der Waals surface area contributed by atoms with Gasteiger partial charge in [0.05, 0.1) is 5.92 Å². The van der Waals surface area contributed by atoms with Gasteiger partial charge in [-0.3, -0.25) is 4.79 Å². The van der Waals surface area contributed by atoms with E-state index in [1.54, 1.807) is 0 Å². The number of likely N-dealkylation sites (N-methyl/N-ethyl adjacent to an activating group) is 1. The largest absolute Gasteiger partial charge is 0.303 e. The van der Waals surface area contributed by atoms with E-state index < -0.39 is 0 Å². The molecule has 1 atom stereocenters. The summed E-state index contributed by atoms with van der Waals surface area (Å²) in [7, 11) is 2.06. The Morgan fingerprint density at radius 3 is 2.10 bits per heavy atom. The number of nitrogens with zero attached hydrogens (tertiary/aromatic N) is 1. The minimum absolute atomic E-state index is 0.111. The van der Waals surface area contributed by atoms with E-state index in [4.69, 9.17) is 11.6 Å². The number of carbonyl (C=O) groups is 1. The smallest absolute Gasteiger partial charge is 0.146 e. The number of rotatable bonds is 5. The minimum Gasteiger partial charge on any atom is -0.303 e. The van der Waals surface area contributed by atoms with E-state index in [9.17, 15) is 4.79 Å². The molecule has 0 heterocycles. The van der Waals surface area contributed by atoms with Crippen LogP contribution in [0.1, 0.15) is 46.1 Å². The molecule has 3 heteroatoms. The zero-order chi connectivity index (χ0) is 15.5. The monoisotopic (exact) mass is 295 g/mol. The Balaban J connectivity index is 3.07. The predicted octanol–water partition coefficient (Wildman–Crippen LogP) is 4.38. The van der Waals surface area contributed by atoms with E-state index in [2.05, 4.69) is 25.8 Å². The Morgan fingerprint density at radius 1 is 1.20 bits per heavy atom. The molecule has 0 bridgehead atoms. The van der Waals surface area contributed by atoms with Gasteiger partial charge in [0.25, 0.3) is 0 Å². The van der Waals surface area contributed by atoms with Crippen molar-refractivity contribution in [2.24, 2.45) is 5.41 Å². The van der Waals surface area contributed by atoms with Gasteiger partial charge in [-0.1, -0.05) is 44.5 Å². The van der Waals surface area contributed by atoms with Crippen molar-refractivity contribution in [1.82, 2.24) is 4.90 Å². The number of hydrogen-bond acceptors (Lipinski definition) is 2. The number of Topliss-reactive ketones (excluding diaryl/α,β-unsaturated/α-hetero) is 1. The highest BCUT2D eigenvalue weighted by Gasteiger charge is 2.31. The molecule has 20 heavy (non-hydrogen) atoms. The number of carbonyl (C=O) groups excluding carboxylic acids is 1. The average Bonchev–Trinajstić information content (AvgIpc) is 2.34. The van der Waals surface area contributed by atoms with Gasteiger partial charge in [-0.2, -0.15) is 0 Å². The molecule has 2 nitrogen and oxygen atoms in total. The summed E-state index contributed by atoms with van der Waals surface area (Å²) in [6.07, 6.45) is 0. The lowest BCUT2D eigenvalue weighted by atomic mass is 9.79. The van der Waals surface area contributed by atoms with Crippen LogP contribution in [0.4, 0.5) is 0 Å². The first-order valence-electron chi connectivity index (χ1n) is 7.13. The Morgan fingerprint density at radius 2 is 1.70 bits per heavy atom. The number of benzene rings is 1. The van der Waals surface area contributed by atoms with Gasteiger partial charge in [0.2, 0.25) is 0 Å². The summed E-state index contributed by atoms with van der Waals surface area (Å²) in [5.41, 5.74) is 0.698. The quantitative estimate of drug-likeness (QED) is 0.803. The fourth-order valence-electron chi connectivity index (χ4n) is 2.06. The van der Waals surface area contributed by atoms with Gasteiger partial charge in [0.15, 0.2) is 0 Å². The van der Waals surface area contributed by atoms with E-state index in [1.807, 2.05) is 45.0 Å². The van der Waals surface area contributed by atoms with Gasteiger partial charge < -0.3 is 4.90 Å². The third-order valence-corrected chi connectivity index (χ3v) is 3.93. The molecule has 0 N–H and O–H groups in total. The Kier molecular flexibility index (Phi) is 5.79. The van der Waals surface area contributed by atoms with Crippen LogP contribution < -0.4 is 0 Å². The molecule has 0 radical (unpaired) electrons. The lowest BCUT2D eigenvalue weighted by Gasteiger charge is -2.30. The van der Waals surface area contributed by atoms with E-state index in [0.717, 1.165) is 12.1 Å². The zero-order valence-corrected chi connectivity index (χ0v) is 14.2. The second-order valence-corrected chi connectivity index (χ2v) is 7.19. The molecule has 0 aliphatic carbocycles. The third-order valence-electron chi connectivity index (χ3n) is 3.68. The van der Waals surface area contributed by atoms with Crippen LogP contribution in [0.2, 0.25) is 5.02 Å². The molecule has 1 aromatic rings. The first-order chi connectivity index (χ1) is 9.12. The maximum Gasteiger partial charge on any atom is 0.146 e. The third kappa shape index (κ3) is 4.60. The van der Waals surface area contributed by atoms with Crippen LogP contribution in [0.15, 0.2) is 24.3 Å². The molecular weight excluding hydrogens is 270 g/mol. The average molecular weight is 296 g/mol. The van der Waals surface area contributed by atoms with Crippen LogP contribution in [0.25, 0.3) is 0 Å². The van der Waals surface area contributed by atoms with Crippen molar-refractivity contribution in [3.63, 3.8) is 0 Å². The lowest BCUT2D eigenvalue weighted by Crippen LogP contribution is -2.37. The van der Waals surface area contributed by atoms with E-state index >= 15 is 0 Å². The molecule has 112 valence electrons. The molecule has 0 saturated heterocycles. The maximum absolute atomic E-state index is 12.7. The second kappa shape index (κ2) is 6.73. The molecule has 1 rings (SSSR count). The number of halogens is 1. The molecule has 0 aliphatic heterocycles. The summed E-state index contributed by atoms with van der Waals surface area (Å²) in [5.74, 6) is 0.159. The maximum atomic E-state index is 12.7. The standard InChI is InChI=1S/C17H26ClNO/c1-12(2)19(6)11-15(16(20)17(3,4)5)13-7-9-14(18)10-8-13/h7-10,12,15H,11H2,1-6H3.